The van der Waals surface area contributed by atoms with E-state index in [0.717, 1.165) is 27.2 Å². The fraction of sp³-hybridized carbons (Fsp3) is 0.451. The van der Waals surface area contributed by atoms with Crippen molar-refractivity contribution >= 4 is 80.8 Å². The average molecular weight is 1010 g/mol. The minimum atomic E-state index is -1.71. The number of unbranched alkanes of at least 4 members (excludes halogenated alkanes) is 1. The summed E-state index contributed by atoms with van der Waals surface area (Å²) >= 11 is 0. The summed E-state index contributed by atoms with van der Waals surface area (Å²) in [6.07, 6.45) is 2.91. The van der Waals surface area contributed by atoms with Gasteiger partial charge in [0, 0.05) is 62.9 Å². The summed E-state index contributed by atoms with van der Waals surface area (Å²) in [5, 5.41) is 24.1. The summed E-state index contributed by atoms with van der Waals surface area (Å²) in [6.45, 7) is 3.60. The number of H-pyrrole nitrogens is 1. The van der Waals surface area contributed by atoms with Crippen LogP contribution in [0.1, 0.15) is 89.2 Å². The van der Waals surface area contributed by atoms with E-state index < -0.39 is 95.8 Å². The van der Waals surface area contributed by atoms with Gasteiger partial charge in [-0.2, -0.15) is 0 Å². The molecule has 1 fully saturated rings. The lowest BCUT2D eigenvalue weighted by Crippen LogP contribution is -2.60. The molecule has 1 aromatic heterocycles. The highest BCUT2D eigenvalue weighted by molar-refractivity contribution is 5.99. The van der Waals surface area contributed by atoms with Crippen molar-refractivity contribution < 1.29 is 43.2 Å². The van der Waals surface area contributed by atoms with Crippen molar-refractivity contribution in [2.45, 2.75) is 127 Å². The maximum Gasteiger partial charge on any atom is 0.243 e. The first-order valence-corrected chi connectivity index (χ1v) is 24.7. The van der Waals surface area contributed by atoms with Crippen LogP contribution in [0.5, 0.6) is 0 Å². The van der Waals surface area contributed by atoms with Crippen molar-refractivity contribution in [2.24, 2.45) is 22.2 Å². The molecule has 73 heavy (non-hydrogen) atoms. The van der Waals surface area contributed by atoms with Crippen molar-refractivity contribution in [1.29, 1.82) is 0 Å². The molecule has 0 radical (unpaired) electrons. The summed E-state index contributed by atoms with van der Waals surface area (Å²) in [5.74, 6) is -6.89. The Bertz CT molecular complexity index is 2630. The molecule has 0 saturated carbocycles. The van der Waals surface area contributed by atoms with Gasteiger partial charge in [-0.3, -0.25) is 48.1 Å². The smallest absolute Gasteiger partial charge is 0.243 e. The molecule has 9 amide bonds. The lowest BCUT2D eigenvalue weighted by atomic mass is 9.97. The van der Waals surface area contributed by atoms with Crippen molar-refractivity contribution in [1.82, 2.24) is 47.5 Å². The van der Waals surface area contributed by atoms with Crippen LogP contribution < -0.4 is 59.7 Å². The van der Waals surface area contributed by atoms with E-state index in [1.807, 2.05) is 61.5 Å². The van der Waals surface area contributed by atoms with Crippen LogP contribution in [0.2, 0.25) is 0 Å². The first-order valence-electron chi connectivity index (χ1n) is 24.7. The maximum absolute atomic E-state index is 14.8. The predicted octanol–water partition coefficient (Wildman–Crippen LogP) is -0.0394. The number of nitrogens with two attached hydrogens (primary N) is 3. The number of para-hydroxylation sites is 1. The van der Waals surface area contributed by atoms with E-state index in [9.17, 15) is 43.2 Å². The number of primary amides is 1. The van der Waals surface area contributed by atoms with Crippen molar-refractivity contribution in [2.75, 3.05) is 19.6 Å². The Labute approximate surface area is 423 Å². The number of carbonyl (C=O) groups excluding carboxylic acids is 9. The molecule has 1 aliphatic heterocycles. The second-order valence-corrected chi connectivity index (χ2v) is 18.1. The summed E-state index contributed by atoms with van der Waals surface area (Å²) in [7, 11) is 0. The van der Waals surface area contributed by atoms with Crippen LogP contribution in [0.3, 0.4) is 0 Å². The molecule has 0 spiro atoms. The number of amides is 9. The highest BCUT2D eigenvalue weighted by Gasteiger charge is 2.35. The van der Waals surface area contributed by atoms with Gasteiger partial charge in [0.1, 0.15) is 36.3 Å². The third kappa shape index (κ3) is 17.6. The van der Waals surface area contributed by atoms with Gasteiger partial charge >= 0.3 is 0 Å². The lowest BCUT2D eigenvalue weighted by molar-refractivity contribution is -0.136. The first-order chi connectivity index (χ1) is 35.0. The number of aromatic nitrogens is 1. The van der Waals surface area contributed by atoms with Gasteiger partial charge in [-0.15, -0.1) is 0 Å². The molecule has 6 atom stereocenters. The molecule has 1 aliphatic rings. The number of nitrogens with zero attached hydrogens (tertiary/aromatic N) is 1. The van der Waals surface area contributed by atoms with Crippen LogP contribution in [-0.2, 0) is 56.0 Å². The number of guanidine groups is 1. The second-order valence-electron chi connectivity index (χ2n) is 18.1. The van der Waals surface area contributed by atoms with Gasteiger partial charge in [0.05, 0.1) is 6.42 Å². The fourth-order valence-electron chi connectivity index (χ4n) is 8.54. The normalized spacial score (nSPS) is 20.5. The minimum Gasteiger partial charge on any atom is -0.370 e. The fourth-order valence-corrected chi connectivity index (χ4v) is 8.54. The van der Waals surface area contributed by atoms with Gasteiger partial charge in [0.2, 0.25) is 53.2 Å². The Morgan fingerprint density at radius 1 is 0.699 bits per heavy atom. The highest BCUT2D eigenvalue weighted by Crippen LogP contribution is 2.22. The molecule has 22 nitrogen and oxygen atoms in total. The summed E-state index contributed by atoms with van der Waals surface area (Å²) in [4.78, 5) is 131. The largest absolute Gasteiger partial charge is 0.370 e. The molecule has 4 aromatic rings. The number of hydrogen-bond donors (Lipinski definition) is 12. The van der Waals surface area contributed by atoms with Crippen molar-refractivity contribution in [3.63, 3.8) is 0 Å². The number of carbonyl (C=O) groups is 9. The molecule has 0 unspecified atom stereocenters. The molecule has 1 saturated heterocycles. The first kappa shape index (κ1) is 55.9. The third-order valence-corrected chi connectivity index (χ3v) is 12.3. The standard InChI is InChI=1S/C51H69N13O9/c1-3-4-18-37(59-30(2)65)46(69)61-39-21-22-44(67)55-23-9-10-24-56-45(68)40(27-33-29-58-36-19-8-7-17-35(33)36)62-47(70)38(20-12-25-57-51(53)54)60-49(72)41(63-50(73)42(28-43(52)66)64-48(39)71)26-32-15-11-14-31-13-5-6-16-34(31)32/h5-8,11,13-17,19,29,37-42,58H,3-4,9-10,12,18,20-28H2,1-2H3,(H2,52,66)(H,55,67)(H,56,68)(H,59,65)(H,60,72)(H,61,69)(H,62,70)(H,63,73)(H,64,71)(H4,53,54,57)/t37-,38-,39-,40-,41+,42-/m0/s1. The summed E-state index contributed by atoms with van der Waals surface area (Å²) in [5.41, 5.74) is 19.0. The zero-order chi connectivity index (χ0) is 52.9. The van der Waals surface area contributed by atoms with Gasteiger partial charge in [-0.05, 0) is 66.5 Å². The van der Waals surface area contributed by atoms with E-state index in [1.54, 1.807) is 18.3 Å². The van der Waals surface area contributed by atoms with E-state index in [4.69, 9.17) is 17.2 Å². The monoisotopic (exact) mass is 1010 g/mol. The zero-order valence-corrected chi connectivity index (χ0v) is 41.4. The van der Waals surface area contributed by atoms with Crippen molar-refractivity contribution in [3.05, 3.63) is 84.1 Å². The molecule has 15 N–H and O–H groups in total. The van der Waals surface area contributed by atoms with Crippen LogP contribution in [0, 0.1) is 0 Å². The highest BCUT2D eigenvalue weighted by atomic mass is 16.2. The van der Waals surface area contributed by atoms with Gasteiger partial charge in [0.25, 0.3) is 0 Å². The molecule has 392 valence electrons. The number of aliphatic imine (C=N–C) groups is 1. The lowest BCUT2D eigenvalue weighted by Gasteiger charge is -2.27. The predicted molar refractivity (Wildman–Crippen MR) is 275 cm³/mol. The summed E-state index contributed by atoms with van der Waals surface area (Å²) in [6, 6.07) is 12.1. The van der Waals surface area contributed by atoms with Crippen molar-refractivity contribution in [3.8, 4) is 0 Å². The third-order valence-electron chi connectivity index (χ3n) is 12.3. The maximum atomic E-state index is 14.8. The van der Waals surface area contributed by atoms with E-state index in [2.05, 4.69) is 52.5 Å². The molecule has 3 aromatic carbocycles. The second kappa shape index (κ2) is 28.1. The molecule has 2 heterocycles. The van der Waals surface area contributed by atoms with E-state index in [1.165, 1.54) is 6.92 Å². The van der Waals surface area contributed by atoms with E-state index in [-0.39, 0.29) is 70.5 Å². The number of fused-ring (bicyclic) bond motifs is 2. The summed E-state index contributed by atoms with van der Waals surface area (Å²) < 4.78 is 0. The quantitative estimate of drug-likeness (QED) is 0.0402. The zero-order valence-electron chi connectivity index (χ0n) is 41.4. The van der Waals surface area contributed by atoms with Crippen LogP contribution in [-0.4, -0.2) is 120 Å². The van der Waals surface area contributed by atoms with E-state index >= 15 is 0 Å². The van der Waals surface area contributed by atoms with Crippen LogP contribution in [0.15, 0.2) is 77.9 Å². The Morgan fingerprint density at radius 2 is 1.32 bits per heavy atom. The number of aromatic amines is 1. The Hall–Kier alpha value is -8.04. The molecule has 0 bridgehead atoms. The Kier molecular flexibility index (Phi) is 21.5. The van der Waals surface area contributed by atoms with Crippen LogP contribution >= 0.6 is 0 Å². The number of rotatable bonds is 16. The average Bonchev–Trinajstić information content (AvgIpc) is 3.76. The number of nitrogens with one attached hydrogen (secondary N) is 9. The minimum absolute atomic E-state index is 0.0227. The Morgan fingerprint density at radius 3 is 2.03 bits per heavy atom. The Balaban J connectivity index is 1.54. The van der Waals surface area contributed by atoms with Gasteiger partial charge in [-0.1, -0.05) is 80.4 Å². The van der Waals surface area contributed by atoms with Crippen LogP contribution in [0.4, 0.5) is 0 Å². The molecule has 0 aliphatic carbocycles. The molecule has 5 rings (SSSR count). The van der Waals surface area contributed by atoms with Gasteiger partial charge < -0.3 is 64.7 Å². The van der Waals surface area contributed by atoms with E-state index in [0.29, 0.717) is 31.2 Å². The molecular formula is C51H69N13O9. The number of benzene rings is 3. The van der Waals surface area contributed by atoms with Gasteiger partial charge in [0.15, 0.2) is 5.96 Å². The van der Waals surface area contributed by atoms with Crippen LogP contribution in [0.25, 0.3) is 21.7 Å². The topological polar surface area (TPSA) is 356 Å². The van der Waals surface area contributed by atoms with Gasteiger partial charge in [-0.25, -0.2) is 0 Å². The molecule has 22 heteroatoms. The number of hydrogen-bond acceptors (Lipinski definition) is 10. The SMILES string of the molecule is CCCC[C@H](NC(C)=O)C(=O)N[C@H]1CCC(=O)NCCCCNC(=O)[C@H](Cc2c[nH]c3ccccc23)NC(=O)[C@H](CCCN=C(N)N)NC(=O)[C@@H](Cc2cccc3ccccc23)NC(=O)[C@H](CC(N)=O)NC1=O. The molecular weight excluding hydrogens is 939 g/mol.